The van der Waals surface area contributed by atoms with Gasteiger partial charge in [-0.05, 0) is 54.6 Å². The highest BCUT2D eigenvalue weighted by Gasteiger charge is 2.17. The van der Waals surface area contributed by atoms with Crippen molar-refractivity contribution in [2.24, 2.45) is 7.05 Å². The number of hydrogen-bond acceptors (Lipinski definition) is 5. The summed E-state index contributed by atoms with van der Waals surface area (Å²) in [4.78, 5) is 12.6. The van der Waals surface area contributed by atoms with Crippen LogP contribution in [0.3, 0.4) is 0 Å². The Labute approximate surface area is 148 Å². The SMILES string of the molecule is Cc1cc(C(=O)CSc2nnnn2C)c(C)n1-c1ccc(Cl)cc1. The first-order valence-corrected chi connectivity index (χ1v) is 8.67. The van der Waals surface area contributed by atoms with Crippen LogP contribution in [0.2, 0.25) is 5.02 Å². The van der Waals surface area contributed by atoms with Crippen LogP contribution in [-0.2, 0) is 7.05 Å². The van der Waals surface area contributed by atoms with Crippen molar-refractivity contribution in [3.63, 3.8) is 0 Å². The van der Waals surface area contributed by atoms with Gasteiger partial charge in [0.15, 0.2) is 5.78 Å². The Balaban J connectivity index is 1.84. The molecule has 0 atom stereocenters. The summed E-state index contributed by atoms with van der Waals surface area (Å²) in [7, 11) is 1.75. The molecule has 6 nitrogen and oxygen atoms in total. The lowest BCUT2D eigenvalue weighted by Gasteiger charge is -2.10. The molecule has 24 heavy (non-hydrogen) atoms. The third kappa shape index (κ3) is 3.22. The standard InChI is InChI=1S/C16H16ClN5OS/c1-10-8-14(15(23)9-24-16-18-19-20-21(16)3)11(2)22(10)13-6-4-12(17)5-7-13/h4-8H,9H2,1-3H3. The molecule has 8 heteroatoms. The number of halogens is 1. The van der Waals surface area contributed by atoms with Crippen molar-refractivity contribution >= 4 is 29.1 Å². The van der Waals surface area contributed by atoms with Crippen molar-refractivity contribution in [2.45, 2.75) is 19.0 Å². The van der Waals surface area contributed by atoms with Gasteiger partial charge in [0, 0.05) is 34.7 Å². The van der Waals surface area contributed by atoms with Gasteiger partial charge in [-0.1, -0.05) is 23.4 Å². The molecule has 0 N–H and O–H groups in total. The Morgan fingerprint density at radius 2 is 1.96 bits per heavy atom. The molecule has 0 aliphatic carbocycles. The maximum atomic E-state index is 12.6. The molecule has 0 saturated carbocycles. The molecule has 0 aliphatic rings. The van der Waals surface area contributed by atoms with Gasteiger partial charge in [0.05, 0.1) is 5.75 Å². The molecule has 0 fully saturated rings. The number of benzene rings is 1. The fourth-order valence-electron chi connectivity index (χ4n) is 2.58. The van der Waals surface area contributed by atoms with Gasteiger partial charge in [0.25, 0.3) is 0 Å². The second-order valence-electron chi connectivity index (χ2n) is 5.39. The summed E-state index contributed by atoms with van der Waals surface area (Å²) in [6, 6.07) is 9.48. The first-order chi connectivity index (χ1) is 11.5. The number of rotatable bonds is 5. The maximum Gasteiger partial charge on any atom is 0.209 e. The number of nitrogens with zero attached hydrogens (tertiary/aromatic N) is 5. The van der Waals surface area contributed by atoms with Crippen LogP contribution in [-0.4, -0.2) is 36.3 Å². The predicted octanol–water partition coefficient (Wildman–Crippen LogP) is 3.25. The Morgan fingerprint density at radius 3 is 2.58 bits per heavy atom. The molecule has 2 aromatic heterocycles. The van der Waals surface area contributed by atoms with Crippen LogP contribution in [0, 0.1) is 13.8 Å². The van der Waals surface area contributed by atoms with E-state index in [9.17, 15) is 4.79 Å². The quantitative estimate of drug-likeness (QED) is 0.515. The number of carbonyl (C=O) groups excluding carboxylic acids is 1. The molecule has 0 radical (unpaired) electrons. The van der Waals surface area contributed by atoms with E-state index in [1.165, 1.54) is 11.8 Å². The summed E-state index contributed by atoms with van der Waals surface area (Å²) in [6.45, 7) is 3.93. The lowest BCUT2D eigenvalue weighted by molar-refractivity contribution is 0.102. The summed E-state index contributed by atoms with van der Waals surface area (Å²) in [5.41, 5.74) is 3.61. The molecule has 2 heterocycles. The van der Waals surface area contributed by atoms with Gasteiger partial charge in [-0.15, -0.1) is 5.10 Å². The molecule has 3 rings (SSSR count). The van der Waals surface area contributed by atoms with Crippen LogP contribution in [0.15, 0.2) is 35.5 Å². The average Bonchev–Trinajstić information content (AvgIpc) is 3.09. The van der Waals surface area contributed by atoms with Gasteiger partial charge >= 0.3 is 0 Å². The molecule has 0 saturated heterocycles. The first kappa shape index (κ1) is 16.7. The van der Waals surface area contributed by atoms with E-state index in [-0.39, 0.29) is 5.78 Å². The van der Waals surface area contributed by atoms with Crippen molar-refractivity contribution in [1.29, 1.82) is 0 Å². The molecule has 0 aliphatic heterocycles. The summed E-state index contributed by atoms with van der Waals surface area (Å²) in [6.07, 6.45) is 0. The van der Waals surface area contributed by atoms with E-state index < -0.39 is 0 Å². The summed E-state index contributed by atoms with van der Waals surface area (Å²) in [5.74, 6) is 0.343. The molecule has 1 aromatic carbocycles. The van der Waals surface area contributed by atoms with E-state index >= 15 is 0 Å². The third-order valence-electron chi connectivity index (χ3n) is 3.73. The van der Waals surface area contributed by atoms with Crippen molar-refractivity contribution < 1.29 is 4.79 Å². The Morgan fingerprint density at radius 1 is 1.25 bits per heavy atom. The van der Waals surface area contributed by atoms with Crippen LogP contribution in [0.5, 0.6) is 0 Å². The number of aromatic nitrogens is 5. The monoisotopic (exact) mass is 361 g/mol. The van der Waals surface area contributed by atoms with Crippen LogP contribution < -0.4 is 0 Å². The minimum atomic E-state index is 0.0521. The van der Waals surface area contributed by atoms with Gasteiger partial charge in [-0.2, -0.15) is 0 Å². The third-order valence-corrected chi connectivity index (χ3v) is 4.99. The molecule has 0 unspecified atom stereocenters. The normalized spacial score (nSPS) is 11.0. The highest BCUT2D eigenvalue weighted by Crippen LogP contribution is 2.24. The summed E-state index contributed by atoms with van der Waals surface area (Å²) < 4.78 is 3.60. The van der Waals surface area contributed by atoms with Gasteiger partial charge in [-0.25, -0.2) is 4.68 Å². The highest BCUT2D eigenvalue weighted by atomic mass is 35.5. The van der Waals surface area contributed by atoms with Gasteiger partial charge in [0.2, 0.25) is 5.16 Å². The van der Waals surface area contributed by atoms with E-state index in [4.69, 9.17) is 11.6 Å². The Bertz CT molecular complexity index is 885. The van der Waals surface area contributed by atoms with E-state index in [2.05, 4.69) is 20.1 Å². The molecular formula is C16H16ClN5OS. The second kappa shape index (κ2) is 6.78. The zero-order valence-corrected chi connectivity index (χ0v) is 15.1. The van der Waals surface area contributed by atoms with E-state index in [0.717, 1.165) is 17.1 Å². The number of aryl methyl sites for hydroxylation is 2. The second-order valence-corrected chi connectivity index (χ2v) is 6.77. The number of Topliss-reactive ketones (excluding diaryl/α,β-unsaturated/α-hetero) is 1. The topological polar surface area (TPSA) is 65.6 Å². The van der Waals surface area contributed by atoms with Crippen LogP contribution in [0.4, 0.5) is 0 Å². The molecule has 0 bridgehead atoms. The van der Waals surface area contributed by atoms with Crippen LogP contribution >= 0.6 is 23.4 Å². The largest absolute Gasteiger partial charge is 0.318 e. The fraction of sp³-hybridized carbons (Fsp3) is 0.250. The minimum Gasteiger partial charge on any atom is -0.318 e. The average molecular weight is 362 g/mol. The predicted molar refractivity (Wildman–Crippen MR) is 94.1 cm³/mol. The van der Waals surface area contributed by atoms with Crippen LogP contribution in [0.25, 0.3) is 5.69 Å². The first-order valence-electron chi connectivity index (χ1n) is 7.30. The number of thioether (sulfide) groups is 1. The van der Waals surface area contributed by atoms with Crippen LogP contribution in [0.1, 0.15) is 21.7 Å². The smallest absolute Gasteiger partial charge is 0.209 e. The number of tetrazole rings is 1. The number of hydrogen-bond donors (Lipinski definition) is 0. The summed E-state index contributed by atoms with van der Waals surface area (Å²) in [5, 5.41) is 12.5. The zero-order chi connectivity index (χ0) is 17.3. The van der Waals surface area contributed by atoms with Crippen molar-refractivity contribution in [3.05, 3.63) is 52.3 Å². The van der Waals surface area contributed by atoms with Crippen molar-refractivity contribution in [3.8, 4) is 5.69 Å². The maximum absolute atomic E-state index is 12.6. The molecule has 124 valence electrons. The Hall–Kier alpha value is -2.12. The molecule has 0 spiro atoms. The lowest BCUT2D eigenvalue weighted by Crippen LogP contribution is -2.06. The van der Waals surface area contributed by atoms with E-state index in [1.54, 1.807) is 11.7 Å². The molecular weight excluding hydrogens is 346 g/mol. The summed E-state index contributed by atoms with van der Waals surface area (Å²) >= 11 is 7.28. The Kier molecular flexibility index (Phi) is 4.73. The minimum absolute atomic E-state index is 0.0521. The van der Waals surface area contributed by atoms with Gasteiger partial charge in [-0.3, -0.25) is 4.79 Å². The fourth-order valence-corrected chi connectivity index (χ4v) is 3.44. The lowest BCUT2D eigenvalue weighted by atomic mass is 10.2. The van der Waals surface area contributed by atoms with Gasteiger partial charge < -0.3 is 4.57 Å². The van der Waals surface area contributed by atoms with Gasteiger partial charge in [0.1, 0.15) is 0 Å². The highest BCUT2D eigenvalue weighted by molar-refractivity contribution is 7.99. The van der Waals surface area contributed by atoms with E-state index in [1.807, 2.05) is 44.2 Å². The zero-order valence-electron chi connectivity index (χ0n) is 13.5. The van der Waals surface area contributed by atoms with E-state index in [0.29, 0.717) is 21.5 Å². The number of carbonyl (C=O) groups is 1. The number of ketones is 1. The molecule has 3 aromatic rings. The van der Waals surface area contributed by atoms with Crippen molar-refractivity contribution in [2.75, 3.05) is 5.75 Å². The van der Waals surface area contributed by atoms with Crippen molar-refractivity contribution in [1.82, 2.24) is 24.8 Å². The molecule has 0 amide bonds.